The molecular formula is C33H44FN3O3. The highest BCUT2D eigenvalue weighted by Crippen LogP contribution is 2.44. The number of nitrogens with two attached hydrogens (primary N) is 1. The molecule has 0 heterocycles. The molecule has 0 spiro atoms. The molecular weight excluding hydrogens is 505 g/mol. The highest BCUT2D eigenvalue weighted by Gasteiger charge is 2.48. The lowest BCUT2D eigenvalue weighted by Gasteiger charge is -2.42. The summed E-state index contributed by atoms with van der Waals surface area (Å²) in [4.78, 5) is 28.9. The number of nitrogens with zero attached hydrogens (tertiary/aromatic N) is 1. The first kappa shape index (κ1) is 31.2. The fourth-order valence-electron chi connectivity index (χ4n) is 5.70. The van der Waals surface area contributed by atoms with Crippen LogP contribution in [0.1, 0.15) is 56.7 Å². The molecule has 0 fully saturated rings. The minimum Gasteiger partial charge on any atom is -0.391 e. The fourth-order valence-corrected chi connectivity index (χ4v) is 5.70. The lowest BCUT2D eigenvalue weighted by atomic mass is 9.63. The Morgan fingerprint density at radius 3 is 2.35 bits per heavy atom. The van der Waals surface area contributed by atoms with Crippen molar-refractivity contribution < 1.29 is 19.1 Å². The third-order valence-corrected chi connectivity index (χ3v) is 7.72. The fraction of sp³-hybridized carbons (Fsp3) is 0.455. The van der Waals surface area contributed by atoms with Crippen molar-refractivity contribution in [2.45, 2.75) is 66.0 Å². The molecule has 1 aliphatic rings. The van der Waals surface area contributed by atoms with Gasteiger partial charge in [0.15, 0.2) is 0 Å². The summed E-state index contributed by atoms with van der Waals surface area (Å²) in [6.07, 6.45) is 4.56. The Morgan fingerprint density at radius 1 is 1.07 bits per heavy atom. The van der Waals surface area contributed by atoms with Gasteiger partial charge in [0.1, 0.15) is 5.82 Å². The number of allylic oxidation sites excluding steroid dienone is 2. The van der Waals surface area contributed by atoms with Gasteiger partial charge in [-0.15, -0.1) is 0 Å². The Labute approximate surface area is 238 Å². The van der Waals surface area contributed by atoms with Crippen molar-refractivity contribution >= 4 is 11.8 Å². The number of nitrogens with one attached hydrogen (secondary N) is 1. The number of halogens is 1. The standard InChI is InChI=1S/C33H44FN3O3/c1-5-14-37(15-6-2)31(39)27-16-23(3)19-33(20-27,32(35)40)28(17-26-13-12-24(4)29(34)18-26)30(38)22-36-21-25-10-8-7-9-11-25/h7-13,16,18-19,28,30,36,38H,5-6,14-15,17,20-22H2,1-4H3,(H2,35,40)/t28-,30+,33?/m1/s1. The van der Waals surface area contributed by atoms with Gasteiger partial charge in [-0.25, -0.2) is 4.39 Å². The highest BCUT2D eigenvalue weighted by atomic mass is 19.1. The number of primary amides is 1. The Balaban J connectivity index is 1.98. The monoisotopic (exact) mass is 549 g/mol. The third-order valence-electron chi connectivity index (χ3n) is 7.72. The van der Waals surface area contributed by atoms with Gasteiger partial charge in [0.2, 0.25) is 11.8 Å². The lowest BCUT2D eigenvalue weighted by Crippen LogP contribution is -2.51. The van der Waals surface area contributed by atoms with Crippen molar-refractivity contribution in [3.63, 3.8) is 0 Å². The summed E-state index contributed by atoms with van der Waals surface area (Å²) in [6, 6.07) is 14.8. The first-order valence-electron chi connectivity index (χ1n) is 14.3. The summed E-state index contributed by atoms with van der Waals surface area (Å²) in [5.74, 6) is -1.77. The first-order chi connectivity index (χ1) is 19.1. The number of aliphatic hydroxyl groups excluding tert-OH is 1. The molecule has 3 atom stereocenters. The third kappa shape index (κ3) is 7.67. The number of hydrogen-bond acceptors (Lipinski definition) is 4. The molecule has 2 aromatic rings. The van der Waals surface area contributed by atoms with E-state index in [0.717, 1.165) is 24.0 Å². The highest BCUT2D eigenvalue weighted by molar-refractivity contribution is 5.96. The number of carbonyl (C=O) groups is 2. The molecule has 6 nitrogen and oxygen atoms in total. The van der Waals surface area contributed by atoms with Gasteiger partial charge in [-0.2, -0.15) is 0 Å². The summed E-state index contributed by atoms with van der Waals surface area (Å²) in [5.41, 5.74) is 8.30. The Hall–Kier alpha value is -3.29. The van der Waals surface area contributed by atoms with Crippen LogP contribution in [0.25, 0.3) is 0 Å². The van der Waals surface area contributed by atoms with Crippen molar-refractivity contribution in [2.24, 2.45) is 17.1 Å². The molecule has 0 bridgehead atoms. The summed E-state index contributed by atoms with van der Waals surface area (Å²) < 4.78 is 14.5. The summed E-state index contributed by atoms with van der Waals surface area (Å²) in [5, 5.41) is 14.9. The molecule has 7 heteroatoms. The zero-order valence-corrected chi connectivity index (χ0v) is 24.3. The molecule has 0 aromatic heterocycles. The van der Waals surface area contributed by atoms with E-state index in [1.165, 1.54) is 6.07 Å². The number of aryl methyl sites for hydroxylation is 1. The van der Waals surface area contributed by atoms with E-state index in [2.05, 4.69) is 5.32 Å². The van der Waals surface area contributed by atoms with E-state index in [9.17, 15) is 19.1 Å². The molecule has 1 unspecified atom stereocenters. The summed E-state index contributed by atoms with van der Waals surface area (Å²) in [7, 11) is 0. The first-order valence-corrected chi connectivity index (χ1v) is 14.3. The normalized spacial score (nSPS) is 18.4. The van der Waals surface area contributed by atoms with Crippen LogP contribution in [-0.2, 0) is 22.6 Å². The van der Waals surface area contributed by atoms with E-state index in [1.54, 1.807) is 19.1 Å². The smallest absolute Gasteiger partial charge is 0.249 e. The van der Waals surface area contributed by atoms with Gasteiger partial charge in [-0.05, 0) is 62.3 Å². The average Bonchev–Trinajstić information content (AvgIpc) is 2.93. The summed E-state index contributed by atoms with van der Waals surface area (Å²) >= 11 is 0. The molecule has 216 valence electrons. The van der Waals surface area contributed by atoms with Gasteiger partial charge in [-0.1, -0.05) is 74.0 Å². The van der Waals surface area contributed by atoms with Gasteiger partial charge in [0, 0.05) is 37.7 Å². The van der Waals surface area contributed by atoms with Crippen LogP contribution in [0.4, 0.5) is 4.39 Å². The number of aliphatic hydroxyl groups is 1. The molecule has 0 radical (unpaired) electrons. The van der Waals surface area contributed by atoms with Crippen molar-refractivity contribution in [3.8, 4) is 0 Å². The minimum absolute atomic E-state index is 0.0805. The molecule has 2 aromatic carbocycles. The summed E-state index contributed by atoms with van der Waals surface area (Å²) in [6.45, 7) is 9.56. The van der Waals surface area contributed by atoms with Gasteiger partial charge in [-0.3, -0.25) is 9.59 Å². The van der Waals surface area contributed by atoms with Crippen LogP contribution in [0.3, 0.4) is 0 Å². The Kier molecular flexibility index (Phi) is 11.2. The van der Waals surface area contributed by atoms with Gasteiger partial charge >= 0.3 is 0 Å². The predicted octanol–water partition coefficient (Wildman–Crippen LogP) is 4.84. The second-order valence-electron chi connectivity index (χ2n) is 11.0. The van der Waals surface area contributed by atoms with Crippen molar-refractivity contribution in [1.82, 2.24) is 10.2 Å². The molecule has 40 heavy (non-hydrogen) atoms. The molecule has 1 aliphatic carbocycles. The Morgan fingerprint density at radius 2 is 1.75 bits per heavy atom. The molecule has 0 saturated heterocycles. The van der Waals surface area contributed by atoms with Gasteiger partial charge in [0.25, 0.3) is 0 Å². The maximum absolute atomic E-state index is 14.5. The number of amides is 2. The zero-order chi connectivity index (χ0) is 29.3. The predicted molar refractivity (Wildman–Crippen MR) is 158 cm³/mol. The number of carbonyl (C=O) groups excluding carboxylic acids is 2. The molecule has 2 amide bonds. The van der Waals surface area contributed by atoms with E-state index in [1.807, 2.05) is 68.1 Å². The SMILES string of the molecule is CCCN(CCC)C(=O)C1=CC(C)=CC(C(N)=O)([C@H](Cc2ccc(C)c(F)c2)[C@@H](O)CNCc2ccccc2)C1. The van der Waals surface area contributed by atoms with Crippen LogP contribution in [0, 0.1) is 24.1 Å². The van der Waals surface area contributed by atoms with E-state index < -0.39 is 23.3 Å². The molecule has 4 N–H and O–H groups in total. The number of benzene rings is 2. The van der Waals surface area contributed by atoms with E-state index in [4.69, 9.17) is 5.73 Å². The maximum atomic E-state index is 14.5. The largest absolute Gasteiger partial charge is 0.391 e. The molecule has 3 rings (SSSR count). The van der Waals surface area contributed by atoms with Crippen molar-refractivity contribution in [1.29, 1.82) is 0 Å². The lowest BCUT2D eigenvalue weighted by molar-refractivity contribution is -0.132. The topological polar surface area (TPSA) is 95.7 Å². The maximum Gasteiger partial charge on any atom is 0.249 e. The van der Waals surface area contributed by atoms with Crippen LogP contribution in [-0.4, -0.2) is 47.6 Å². The molecule has 0 saturated carbocycles. The quantitative estimate of drug-likeness (QED) is 0.314. The van der Waals surface area contributed by atoms with Crippen LogP contribution in [0.5, 0.6) is 0 Å². The Bertz CT molecular complexity index is 1220. The van der Waals surface area contributed by atoms with E-state index in [-0.39, 0.29) is 31.1 Å². The van der Waals surface area contributed by atoms with Gasteiger partial charge in [0.05, 0.1) is 11.5 Å². The zero-order valence-electron chi connectivity index (χ0n) is 24.3. The number of hydrogen-bond donors (Lipinski definition) is 3. The number of rotatable bonds is 14. The van der Waals surface area contributed by atoms with Crippen molar-refractivity contribution in [2.75, 3.05) is 19.6 Å². The second-order valence-corrected chi connectivity index (χ2v) is 11.0. The second kappa shape index (κ2) is 14.4. The van der Waals surface area contributed by atoms with Gasteiger partial charge < -0.3 is 21.1 Å². The van der Waals surface area contributed by atoms with Crippen LogP contribution in [0.2, 0.25) is 0 Å². The average molecular weight is 550 g/mol. The minimum atomic E-state index is -1.33. The van der Waals surface area contributed by atoms with E-state index >= 15 is 0 Å². The van der Waals surface area contributed by atoms with Crippen molar-refractivity contribution in [3.05, 3.63) is 94.3 Å². The molecule has 0 aliphatic heterocycles. The van der Waals surface area contributed by atoms with Crippen LogP contribution >= 0.6 is 0 Å². The van der Waals surface area contributed by atoms with Crippen LogP contribution in [0.15, 0.2) is 71.8 Å². The van der Waals surface area contributed by atoms with E-state index in [0.29, 0.717) is 36.3 Å². The van der Waals surface area contributed by atoms with Crippen LogP contribution < -0.4 is 11.1 Å².